The molecule has 3 N–H and O–H groups in total. The van der Waals surface area contributed by atoms with E-state index in [0.29, 0.717) is 139 Å². The maximum atomic E-state index is 11.7. The van der Waals surface area contributed by atoms with Gasteiger partial charge in [0.25, 0.3) is 21.8 Å². The summed E-state index contributed by atoms with van der Waals surface area (Å²) >= 11 is 38.3. The van der Waals surface area contributed by atoms with Gasteiger partial charge in [0.1, 0.15) is 76.6 Å². The lowest BCUT2D eigenvalue weighted by molar-refractivity contribution is -0.454. The van der Waals surface area contributed by atoms with Crippen LogP contribution in [0.5, 0.6) is 5.88 Å². The van der Waals surface area contributed by atoms with Crippen LogP contribution in [-0.4, -0.2) is 142 Å². The number of hydrogen-bond acceptors (Lipinski definition) is 32. The van der Waals surface area contributed by atoms with Gasteiger partial charge >= 0.3 is 10.4 Å². The molecule has 108 heavy (non-hydrogen) atoms. The first-order valence-electron chi connectivity index (χ1n) is 29.9. The molecule has 46 heteroatoms. The van der Waals surface area contributed by atoms with Crippen LogP contribution in [0, 0.1) is 20.2 Å². The molecule has 0 saturated carbocycles. The molecule has 0 bridgehead atoms. The summed E-state index contributed by atoms with van der Waals surface area (Å²) in [5.74, 6) is 3.70. The quantitative estimate of drug-likeness (QED) is 0.0141. The number of carbonyl (C=O) groups is 3. The molecule has 3 aliphatic rings. The zero-order chi connectivity index (χ0) is 78.1. The Morgan fingerprint density at radius 3 is 1.65 bits per heavy atom. The highest BCUT2D eigenvalue weighted by Gasteiger charge is 2.26. The van der Waals surface area contributed by atoms with Crippen LogP contribution in [0.1, 0.15) is 47.9 Å². The molecule has 0 aliphatic carbocycles. The van der Waals surface area contributed by atoms with E-state index in [4.69, 9.17) is 90.7 Å². The van der Waals surface area contributed by atoms with Gasteiger partial charge in [-0.3, -0.25) is 48.8 Å². The van der Waals surface area contributed by atoms with Crippen molar-refractivity contribution in [2.75, 3.05) is 38.0 Å². The fraction of sp³-hybridized carbons (Fsp3) is 0.177. The fourth-order valence-corrected chi connectivity index (χ4v) is 9.95. The van der Waals surface area contributed by atoms with Crippen LogP contribution in [0.15, 0.2) is 212 Å². The van der Waals surface area contributed by atoms with Crippen LogP contribution in [-0.2, 0) is 25.4 Å². The number of carbonyl (C=O) groups excluding carboxylic acids is 3. The van der Waals surface area contributed by atoms with Crippen LogP contribution in [0.2, 0.25) is 5.15 Å². The van der Waals surface area contributed by atoms with E-state index < -0.39 is 20.2 Å². The third kappa shape index (κ3) is 27.0. The number of aliphatic imine (C=N–C) groups is 1. The number of nitrogens with one attached hydrogen (secondary N) is 2. The van der Waals surface area contributed by atoms with E-state index >= 15 is 0 Å². The van der Waals surface area contributed by atoms with Gasteiger partial charge in [-0.2, -0.15) is 0 Å². The number of aldehydes is 1. The van der Waals surface area contributed by atoms with Crippen molar-refractivity contribution in [3.63, 3.8) is 0 Å². The molecule has 0 aromatic carbocycles. The first-order valence-corrected chi connectivity index (χ1v) is 38.2. The summed E-state index contributed by atoms with van der Waals surface area (Å²) in [4.78, 5) is 108. The lowest BCUT2D eigenvalue weighted by Crippen LogP contribution is -2.31. The van der Waals surface area contributed by atoms with Crippen LogP contribution < -0.4 is 11.1 Å². The Kier molecular flexibility index (Phi) is 33.9. The highest BCUT2D eigenvalue weighted by Crippen LogP contribution is 2.61. The molecule has 13 aromatic heterocycles. The van der Waals surface area contributed by atoms with Crippen molar-refractivity contribution in [2.45, 2.75) is 42.5 Å². The Balaban J connectivity index is 0.000000177. The average Bonchev–Trinajstić information content (AvgIpc) is 1.32. The predicted molar refractivity (Wildman–Crippen MR) is 399 cm³/mol. The zero-order valence-electron chi connectivity index (χ0n) is 54.8. The number of aromatic nitrogens is 10. The molecule has 3 aliphatic heterocycles. The van der Waals surface area contributed by atoms with Crippen LogP contribution in [0.25, 0.3) is 73.3 Å². The molecule has 0 spiro atoms. The number of rotatable bonds is 13. The molecule has 2 saturated heterocycles. The Morgan fingerprint density at radius 2 is 1.19 bits per heavy atom. The van der Waals surface area contributed by atoms with Gasteiger partial charge in [-0.15, -0.1) is 21.8 Å². The third-order valence-corrected chi connectivity index (χ3v) is 15.0. The van der Waals surface area contributed by atoms with Gasteiger partial charge in [0.05, 0.1) is 102 Å². The lowest BCUT2D eigenvalue weighted by atomic mass is 10.2. The Hall–Kier alpha value is -10.6. The number of amides is 2. The second-order valence-electron chi connectivity index (χ2n) is 20.1. The van der Waals surface area contributed by atoms with Crippen LogP contribution >= 0.6 is 114 Å². The van der Waals surface area contributed by atoms with Crippen LogP contribution in [0.3, 0.4) is 0 Å². The van der Waals surface area contributed by atoms with E-state index in [2.05, 4.69) is 121 Å². The van der Waals surface area contributed by atoms with Gasteiger partial charge in [0.2, 0.25) is 46.6 Å². The van der Waals surface area contributed by atoms with Crippen LogP contribution in [0.4, 0.5) is 0 Å². The van der Waals surface area contributed by atoms with Gasteiger partial charge < -0.3 is 69.4 Å². The molecule has 16 heterocycles. The minimum Gasteiger partial charge on any atom is -0.493 e. The number of fused-ring (bicyclic) bond motifs is 3. The number of ether oxygens (including phenoxy) is 1. The molecular formula is C62H51BrCl6N15O21PS2. The highest BCUT2D eigenvalue weighted by atomic mass is 79.9. The molecule has 2 fully saturated rings. The molecule has 13 aromatic rings. The largest absolute Gasteiger partial charge is 0.493 e. The van der Waals surface area contributed by atoms with E-state index in [1.807, 2.05) is 12.1 Å². The highest BCUT2D eigenvalue weighted by molar-refractivity contribution is 9.09. The van der Waals surface area contributed by atoms with Crippen molar-refractivity contribution in [1.29, 1.82) is 0 Å². The number of hydrogen-bond donors (Lipinski definition) is 3. The SMILES string of the molecule is CCl.Clc1ncnc2occ(-c3ccco3)c12.O=C1CCCN1CC1=NCC(=S)O1.O=C1CCCN1Cc1nnc(Sc2ncnc3occ(-c4ccco4)c23)o1.O=Cc1ccco1.O=P(Cl)(Cl)Cl.O=[N+]([O-])/C(Cl)=C/c1ccco1.O=[N+]([O-])CBr.O=c1[nH]cnc2occ(-c3ccco3)c12.O=c1cc(O)nc[nH]1. The summed E-state index contributed by atoms with van der Waals surface area (Å²) in [5.41, 5.74) is 2.60. The number of halogens is 7. The van der Waals surface area contributed by atoms with Crippen molar-refractivity contribution in [3.05, 3.63) is 211 Å². The number of aromatic hydroxyl groups is 1. The number of H-pyrrole nitrogens is 2. The molecule has 0 radical (unpaired) electrons. The minimum atomic E-state index is -3.22. The number of nitrogens with zero attached hydrogens (tertiary/aromatic N) is 13. The van der Waals surface area contributed by atoms with E-state index in [9.17, 15) is 38.7 Å². The summed E-state index contributed by atoms with van der Waals surface area (Å²) < 4.78 is 61.6. The van der Waals surface area contributed by atoms with Crippen molar-refractivity contribution in [3.8, 4) is 39.9 Å². The lowest BCUT2D eigenvalue weighted by Gasteiger charge is -2.13. The smallest absolute Gasteiger partial charge is 0.340 e. The molecule has 16 rings (SSSR count). The Morgan fingerprint density at radius 1 is 0.694 bits per heavy atom. The second-order valence-corrected chi connectivity index (χ2v) is 29.4. The Labute approximate surface area is 651 Å². The van der Waals surface area contributed by atoms with Gasteiger partial charge in [-0.1, -0.05) is 11.6 Å². The van der Waals surface area contributed by atoms with Crippen molar-refractivity contribution in [2.24, 2.45) is 4.99 Å². The summed E-state index contributed by atoms with van der Waals surface area (Å²) in [7, 11) is 0. The van der Waals surface area contributed by atoms with E-state index in [0.717, 1.165) is 55.5 Å². The Bertz CT molecular complexity index is 5260. The van der Waals surface area contributed by atoms with E-state index in [1.165, 1.54) is 55.9 Å². The summed E-state index contributed by atoms with van der Waals surface area (Å²) in [6, 6.07) is 18.2. The minimum absolute atomic E-state index is 0.112. The van der Waals surface area contributed by atoms with E-state index in [-0.39, 0.29) is 34.3 Å². The predicted octanol–water partition coefficient (Wildman–Crippen LogP) is 15.4. The molecule has 566 valence electrons. The summed E-state index contributed by atoms with van der Waals surface area (Å²) in [5, 5.41) is 35.6. The number of aromatic amines is 2. The average molecular weight is 1730 g/mol. The normalized spacial score (nSPS) is 12.7. The number of likely N-dealkylation sites (tertiary alicyclic amines) is 2. The molecule has 0 atom stereocenters. The van der Waals surface area contributed by atoms with E-state index in [1.54, 1.807) is 89.6 Å². The summed E-state index contributed by atoms with van der Waals surface area (Å²) in [6.45, 7) is 2.81. The summed E-state index contributed by atoms with van der Waals surface area (Å²) in [6.07, 6.45) is 23.7. The number of thiocarbonyl (C=S) groups is 1. The zero-order valence-corrected chi connectivity index (χ0v) is 63.5. The third-order valence-electron chi connectivity index (χ3n) is 13.0. The first kappa shape index (κ1) is 84.6. The first-order chi connectivity index (χ1) is 51.9. The molecular weight excluding hydrogens is 1680 g/mol. The van der Waals surface area contributed by atoms with Crippen molar-refractivity contribution in [1.82, 2.24) is 59.9 Å². The molecule has 0 unspecified atom stereocenters. The van der Waals surface area contributed by atoms with Gasteiger partial charge in [0, 0.05) is 37.2 Å². The molecule has 2 amide bonds. The maximum absolute atomic E-state index is 11.7. The van der Waals surface area contributed by atoms with Gasteiger partial charge in [-0.05, 0) is 159 Å². The standard InChI is InChI=1S/C17H13N5O4S.C10H5ClN2O2.C10H6N2O3.C8H10N2O2S.C6H4ClNO3.C5H4O2.C4H4N2O2.CH2BrNO2.CH3Cl.Cl3OP/c23-13-4-1-5-22(13)7-12-20-21-17(26-12)27-16-14-10(11-3-2-6-24-11)8-25-15(14)18-9-19-16;11-9-8-6(7-2-1-3-14-7)4-15-10(8)13-5-12-9;13-9-8-6(7-2-1-3-14-7)4-15-10(8)12-5-11-9;11-7-2-1-3-10(7)5-6-9-4-8(13)12-6;7-6(8(9)10)4-5-2-1-3-11-5;6-4-5-2-1-3-7-5;7-3-1-4(8)6-2-5-3;2-1-3(4)5;1-2;1-5(2,3)4/h2-3,6,8-9H,1,4-5,7H2;1-5H;1-5H,(H,11,12,13);1-5H2;1-4H;1-4H;1-2H,(H2,5,6,7,8);1H2;1H3;/b;;;;6-4+;;;;;. The maximum Gasteiger partial charge on any atom is 0.340 e. The van der Waals surface area contributed by atoms with Gasteiger partial charge in [-0.25, -0.2) is 34.9 Å². The number of nitro groups is 2. The number of furan rings is 8. The topological polar surface area (TPSA) is 490 Å². The number of alkyl halides is 2. The monoisotopic (exact) mass is 1720 g/mol. The second kappa shape index (κ2) is 43.3. The fourth-order valence-electron chi connectivity index (χ4n) is 8.67. The van der Waals surface area contributed by atoms with Crippen molar-refractivity contribution < 1.29 is 78.4 Å². The molecule has 36 nitrogen and oxygen atoms in total. The van der Waals surface area contributed by atoms with Crippen molar-refractivity contribution >= 4 is 182 Å². The van der Waals surface area contributed by atoms with Gasteiger partial charge in [0.15, 0.2) is 17.1 Å².